The first-order chi connectivity index (χ1) is 12.7. The van der Waals surface area contributed by atoms with Gasteiger partial charge >= 0.3 is 0 Å². The van der Waals surface area contributed by atoms with E-state index < -0.39 is 11.8 Å². The van der Waals surface area contributed by atoms with Crippen molar-refractivity contribution < 1.29 is 9.59 Å². The summed E-state index contributed by atoms with van der Waals surface area (Å²) in [6, 6.07) is 21.2. The first kappa shape index (κ1) is 15.7. The van der Waals surface area contributed by atoms with Gasteiger partial charge in [-0.05, 0) is 36.4 Å². The second kappa shape index (κ2) is 6.60. The van der Waals surface area contributed by atoms with Gasteiger partial charge in [-0.1, -0.05) is 36.4 Å². The Labute approximate surface area is 149 Å². The highest BCUT2D eigenvalue weighted by Gasteiger charge is 2.23. The summed E-state index contributed by atoms with van der Waals surface area (Å²) in [5.41, 5.74) is 1.99. The molecule has 6 heteroatoms. The molecule has 0 saturated carbocycles. The van der Waals surface area contributed by atoms with Crippen LogP contribution in [-0.4, -0.2) is 26.3 Å². The molecule has 2 heterocycles. The third kappa shape index (κ3) is 2.84. The third-order valence-electron chi connectivity index (χ3n) is 3.88. The molecule has 0 aliphatic carbocycles. The van der Waals surface area contributed by atoms with Crippen LogP contribution < -0.4 is 5.32 Å². The van der Waals surface area contributed by atoms with Crippen LogP contribution in [0.15, 0.2) is 79.0 Å². The molecule has 0 aliphatic heterocycles. The zero-order chi connectivity index (χ0) is 17.9. The number of aromatic nitrogens is 3. The summed E-state index contributed by atoms with van der Waals surface area (Å²) in [6.45, 7) is 0. The van der Waals surface area contributed by atoms with Crippen molar-refractivity contribution in [3.63, 3.8) is 0 Å². The minimum atomic E-state index is -0.461. The zero-order valence-electron chi connectivity index (χ0n) is 13.7. The minimum Gasteiger partial charge on any atom is -0.319 e. The van der Waals surface area contributed by atoms with Crippen LogP contribution in [0.5, 0.6) is 0 Å². The molecule has 0 fully saturated rings. The van der Waals surface area contributed by atoms with Gasteiger partial charge in [0, 0.05) is 11.9 Å². The van der Waals surface area contributed by atoms with Crippen molar-refractivity contribution in [2.24, 2.45) is 0 Å². The SMILES string of the molecule is O=C(Nc1ccccc1)c1nc2ccccc2n1C(=O)c1ccccn1. The largest absolute Gasteiger partial charge is 0.319 e. The average Bonchev–Trinajstić information content (AvgIpc) is 3.08. The number of nitrogens with zero attached hydrogens (tertiary/aromatic N) is 3. The maximum atomic E-state index is 13.0. The van der Waals surface area contributed by atoms with Crippen molar-refractivity contribution >= 4 is 28.5 Å². The monoisotopic (exact) mass is 342 g/mol. The smallest absolute Gasteiger partial charge is 0.292 e. The van der Waals surface area contributed by atoms with Gasteiger partial charge in [-0.15, -0.1) is 0 Å². The number of pyridine rings is 1. The molecule has 1 amide bonds. The maximum Gasteiger partial charge on any atom is 0.292 e. The molecule has 4 aromatic rings. The zero-order valence-corrected chi connectivity index (χ0v) is 13.7. The fourth-order valence-electron chi connectivity index (χ4n) is 2.70. The number of imidazole rings is 1. The Morgan fingerprint density at radius 2 is 1.58 bits per heavy atom. The number of amides is 1. The molecule has 1 N–H and O–H groups in total. The third-order valence-corrected chi connectivity index (χ3v) is 3.88. The predicted molar refractivity (Wildman–Crippen MR) is 98.1 cm³/mol. The summed E-state index contributed by atoms with van der Waals surface area (Å²) in [5, 5.41) is 2.77. The Morgan fingerprint density at radius 3 is 2.35 bits per heavy atom. The number of carbonyl (C=O) groups is 2. The van der Waals surface area contributed by atoms with E-state index in [-0.39, 0.29) is 11.5 Å². The highest BCUT2D eigenvalue weighted by molar-refractivity contribution is 6.10. The molecular weight excluding hydrogens is 328 g/mol. The van der Waals surface area contributed by atoms with E-state index in [2.05, 4.69) is 15.3 Å². The summed E-state index contributed by atoms with van der Waals surface area (Å²) < 4.78 is 1.30. The van der Waals surface area contributed by atoms with Gasteiger partial charge in [0.15, 0.2) is 0 Å². The van der Waals surface area contributed by atoms with Crippen LogP contribution in [-0.2, 0) is 0 Å². The molecule has 0 atom stereocenters. The van der Waals surface area contributed by atoms with Gasteiger partial charge in [0.2, 0.25) is 5.82 Å². The van der Waals surface area contributed by atoms with Crippen molar-refractivity contribution in [2.75, 3.05) is 5.32 Å². The molecule has 126 valence electrons. The standard InChI is InChI=1S/C20H14N4O2/c25-19(22-14-8-2-1-3-9-14)18-23-15-10-4-5-12-17(15)24(18)20(26)16-11-6-7-13-21-16/h1-13H,(H,22,25). The molecule has 0 saturated heterocycles. The van der Waals surface area contributed by atoms with Crippen molar-refractivity contribution in [2.45, 2.75) is 0 Å². The van der Waals surface area contributed by atoms with Gasteiger partial charge < -0.3 is 5.32 Å². The fourth-order valence-corrected chi connectivity index (χ4v) is 2.70. The summed E-state index contributed by atoms with van der Waals surface area (Å²) in [6.07, 6.45) is 1.54. The van der Waals surface area contributed by atoms with Crippen molar-refractivity contribution in [3.8, 4) is 0 Å². The van der Waals surface area contributed by atoms with E-state index >= 15 is 0 Å². The van der Waals surface area contributed by atoms with E-state index in [9.17, 15) is 9.59 Å². The lowest BCUT2D eigenvalue weighted by atomic mass is 10.3. The molecule has 0 spiro atoms. The molecule has 4 rings (SSSR count). The minimum absolute atomic E-state index is 0.0192. The molecule has 2 aromatic heterocycles. The first-order valence-corrected chi connectivity index (χ1v) is 8.03. The fraction of sp³-hybridized carbons (Fsp3) is 0. The highest BCUT2D eigenvalue weighted by Crippen LogP contribution is 2.19. The van der Waals surface area contributed by atoms with E-state index in [1.54, 1.807) is 48.5 Å². The number of nitrogens with one attached hydrogen (secondary N) is 1. The number of benzene rings is 2. The Bertz CT molecular complexity index is 1090. The van der Waals surface area contributed by atoms with Crippen LogP contribution in [0.3, 0.4) is 0 Å². The van der Waals surface area contributed by atoms with Crippen molar-refractivity contribution in [1.82, 2.24) is 14.5 Å². The van der Waals surface area contributed by atoms with Crippen molar-refractivity contribution in [1.29, 1.82) is 0 Å². The first-order valence-electron chi connectivity index (χ1n) is 8.03. The number of anilines is 1. The number of hydrogen-bond acceptors (Lipinski definition) is 4. The summed E-state index contributed by atoms with van der Waals surface area (Å²) in [4.78, 5) is 34.2. The lowest BCUT2D eigenvalue weighted by Crippen LogP contribution is -2.23. The van der Waals surface area contributed by atoms with Crippen LogP contribution in [0.1, 0.15) is 21.1 Å². The van der Waals surface area contributed by atoms with E-state index in [1.165, 1.54) is 10.8 Å². The van der Waals surface area contributed by atoms with E-state index in [0.717, 1.165) is 0 Å². The van der Waals surface area contributed by atoms with Crippen LogP contribution >= 0.6 is 0 Å². The topological polar surface area (TPSA) is 76.9 Å². The maximum absolute atomic E-state index is 13.0. The molecular formula is C20H14N4O2. The van der Waals surface area contributed by atoms with E-state index in [1.807, 2.05) is 24.3 Å². The van der Waals surface area contributed by atoms with Crippen LogP contribution in [0, 0.1) is 0 Å². The summed E-state index contributed by atoms with van der Waals surface area (Å²) >= 11 is 0. The molecule has 26 heavy (non-hydrogen) atoms. The molecule has 0 unspecified atom stereocenters. The number of rotatable bonds is 3. The number of carbonyl (C=O) groups excluding carboxylic acids is 2. The second-order valence-electron chi connectivity index (χ2n) is 5.60. The second-order valence-corrected chi connectivity index (χ2v) is 5.60. The van der Waals surface area contributed by atoms with Crippen LogP contribution in [0.4, 0.5) is 5.69 Å². The Hall–Kier alpha value is -3.80. The van der Waals surface area contributed by atoms with E-state index in [0.29, 0.717) is 16.7 Å². The molecule has 6 nitrogen and oxygen atoms in total. The Balaban J connectivity index is 1.82. The van der Waals surface area contributed by atoms with Crippen LogP contribution in [0.25, 0.3) is 11.0 Å². The summed E-state index contributed by atoms with van der Waals surface area (Å²) in [5.74, 6) is -0.847. The molecule has 0 radical (unpaired) electrons. The normalized spacial score (nSPS) is 10.6. The quantitative estimate of drug-likeness (QED) is 0.619. The van der Waals surface area contributed by atoms with Gasteiger partial charge in [-0.25, -0.2) is 4.98 Å². The summed E-state index contributed by atoms with van der Waals surface area (Å²) in [7, 11) is 0. The van der Waals surface area contributed by atoms with Gasteiger partial charge in [0.1, 0.15) is 5.69 Å². The lowest BCUT2D eigenvalue weighted by molar-refractivity contribution is 0.0928. The molecule has 0 aliphatic rings. The van der Waals surface area contributed by atoms with Gasteiger partial charge in [0.25, 0.3) is 11.8 Å². The Kier molecular flexibility index (Phi) is 3.99. The molecule has 0 bridgehead atoms. The van der Waals surface area contributed by atoms with Gasteiger partial charge in [-0.2, -0.15) is 0 Å². The van der Waals surface area contributed by atoms with Crippen LogP contribution in [0.2, 0.25) is 0 Å². The number of hydrogen-bond donors (Lipinski definition) is 1. The number of para-hydroxylation sites is 3. The van der Waals surface area contributed by atoms with Gasteiger partial charge in [-0.3, -0.25) is 19.1 Å². The highest BCUT2D eigenvalue weighted by atomic mass is 16.2. The predicted octanol–water partition coefficient (Wildman–Crippen LogP) is 3.37. The molecule has 2 aromatic carbocycles. The van der Waals surface area contributed by atoms with Crippen molar-refractivity contribution in [3.05, 3.63) is 90.5 Å². The van der Waals surface area contributed by atoms with E-state index in [4.69, 9.17) is 0 Å². The number of fused-ring (bicyclic) bond motifs is 1. The lowest BCUT2D eigenvalue weighted by Gasteiger charge is -2.08. The Morgan fingerprint density at radius 1 is 0.846 bits per heavy atom. The average molecular weight is 342 g/mol. The van der Waals surface area contributed by atoms with Gasteiger partial charge in [0.05, 0.1) is 11.0 Å².